The van der Waals surface area contributed by atoms with Crippen molar-refractivity contribution in [3.8, 4) is 5.75 Å². The number of rotatable bonds is 5. The number of benzene rings is 2. The lowest BCUT2D eigenvalue weighted by Crippen LogP contribution is -2.29. The largest absolute Gasteiger partial charge is 0.461 e. The predicted molar refractivity (Wildman–Crippen MR) is 89.1 cm³/mol. The first-order valence-electron chi connectivity index (χ1n) is 7.57. The Morgan fingerprint density at radius 2 is 1.83 bits per heavy atom. The molecule has 1 aliphatic rings. The molecule has 1 aliphatic carbocycles. The number of Topliss-reactive ketones (excluding diaryl/α,β-unsaturated/α-hetero) is 1. The Labute approximate surface area is 140 Å². The van der Waals surface area contributed by atoms with Crippen LogP contribution in [0.15, 0.2) is 55.1 Å². The van der Waals surface area contributed by atoms with E-state index in [4.69, 9.17) is 4.74 Å². The van der Waals surface area contributed by atoms with E-state index in [0.717, 1.165) is 10.8 Å². The first-order chi connectivity index (χ1) is 11.8. The van der Waals surface area contributed by atoms with Crippen LogP contribution in [0.2, 0.25) is 0 Å². The summed E-state index contributed by atoms with van der Waals surface area (Å²) in [5.41, 5.74) is 0. The Kier molecular flexibility index (Phi) is 3.99. The molecule has 0 N–H and O–H groups in total. The molecule has 0 spiro atoms. The molecule has 0 aliphatic heterocycles. The summed E-state index contributed by atoms with van der Waals surface area (Å²) < 4.78 is 7.38. The second-order valence-electron chi connectivity index (χ2n) is 5.39. The fourth-order valence-corrected chi connectivity index (χ4v) is 2.62. The summed E-state index contributed by atoms with van der Waals surface area (Å²) >= 11 is 0. The third kappa shape index (κ3) is 2.89. The molecule has 5 radical (unpaired) electrons. The SMILES string of the molecule is O=C([C]1[CH][CH][CH][CH]1)C(Oc1ccc2ccccc2c1)n1cncn1. The number of carbonyl (C=O) groups is 1. The lowest BCUT2D eigenvalue weighted by molar-refractivity contribution is -0.127. The first kappa shape index (κ1) is 14.9. The van der Waals surface area contributed by atoms with E-state index in [0.29, 0.717) is 11.7 Å². The second-order valence-corrected chi connectivity index (χ2v) is 5.39. The maximum atomic E-state index is 12.8. The third-order valence-electron chi connectivity index (χ3n) is 3.82. The van der Waals surface area contributed by atoms with Crippen LogP contribution in [0.1, 0.15) is 6.23 Å². The first-order valence-corrected chi connectivity index (χ1v) is 7.57. The number of hydrogen-bond donors (Lipinski definition) is 0. The van der Waals surface area contributed by atoms with Crippen LogP contribution in [-0.2, 0) is 4.79 Å². The molecule has 3 aromatic rings. The maximum Gasteiger partial charge on any atom is 0.252 e. The van der Waals surface area contributed by atoms with E-state index in [1.165, 1.54) is 17.3 Å². The van der Waals surface area contributed by atoms with Gasteiger partial charge in [0.15, 0.2) is 0 Å². The van der Waals surface area contributed by atoms with Crippen LogP contribution in [-0.4, -0.2) is 20.5 Å². The molecule has 0 saturated heterocycles. The fourth-order valence-electron chi connectivity index (χ4n) is 2.62. The molecular formula is C19H14N3O2. The molecule has 1 fully saturated rings. The van der Waals surface area contributed by atoms with Crippen molar-refractivity contribution in [3.05, 3.63) is 86.7 Å². The van der Waals surface area contributed by atoms with Crippen molar-refractivity contribution >= 4 is 16.6 Å². The zero-order chi connectivity index (χ0) is 16.4. The van der Waals surface area contributed by atoms with Gasteiger partial charge in [-0.15, -0.1) is 0 Å². The van der Waals surface area contributed by atoms with E-state index in [-0.39, 0.29) is 5.78 Å². The van der Waals surface area contributed by atoms with Gasteiger partial charge < -0.3 is 4.74 Å². The quantitative estimate of drug-likeness (QED) is 0.726. The number of aromatic nitrogens is 3. The van der Waals surface area contributed by atoms with Gasteiger partial charge in [0, 0.05) is 0 Å². The van der Waals surface area contributed by atoms with E-state index in [1.54, 1.807) is 12.8 Å². The van der Waals surface area contributed by atoms with Crippen LogP contribution < -0.4 is 4.74 Å². The predicted octanol–water partition coefficient (Wildman–Crippen LogP) is 2.98. The average molecular weight is 316 g/mol. The van der Waals surface area contributed by atoms with Gasteiger partial charge in [-0.1, -0.05) is 30.3 Å². The normalized spacial score (nSPS) is 16.3. The molecule has 0 amide bonds. The Balaban J connectivity index is 1.64. The lowest BCUT2D eigenvalue weighted by atomic mass is 10.0. The molecule has 1 saturated carbocycles. The molecule has 0 bridgehead atoms. The molecule has 4 rings (SSSR count). The monoisotopic (exact) mass is 316 g/mol. The number of fused-ring (bicyclic) bond motifs is 1. The Bertz CT molecular complexity index is 839. The summed E-state index contributed by atoms with van der Waals surface area (Å²) in [6.45, 7) is 0. The van der Waals surface area contributed by atoms with Gasteiger partial charge in [0.1, 0.15) is 18.4 Å². The van der Waals surface area contributed by atoms with Crippen LogP contribution in [0, 0.1) is 31.6 Å². The minimum atomic E-state index is -0.893. The highest BCUT2D eigenvalue weighted by Gasteiger charge is 2.33. The molecule has 1 heterocycles. The van der Waals surface area contributed by atoms with E-state index in [1.807, 2.05) is 55.3 Å². The summed E-state index contributed by atoms with van der Waals surface area (Å²) in [4.78, 5) is 16.7. The van der Waals surface area contributed by atoms with Crippen molar-refractivity contribution in [3.63, 3.8) is 0 Å². The van der Waals surface area contributed by atoms with Gasteiger partial charge in [-0.25, -0.2) is 9.67 Å². The van der Waals surface area contributed by atoms with Crippen LogP contribution in [0.5, 0.6) is 5.75 Å². The molecular weight excluding hydrogens is 302 g/mol. The van der Waals surface area contributed by atoms with Gasteiger partial charge in [-0.3, -0.25) is 4.79 Å². The second kappa shape index (κ2) is 6.43. The van der Waals surface area contributed by atoms with E-state index >= 15 is 0 Å². The minimum absolute atomic E-state index is 0.168. The van der Waals surface area contributed by atoms with Crippen molar-refractivity contribution < 1.29 is 9.53 Å². The zero-order valence-corrected chi connectivity index (χ0v) is 12.7. The van der Waals surface area contributed by atoms with Crippen LogP contribution in [0.4, 0.5) is 0 Å². The Morgan fingerprint density at radius 3 is 2.58 bits per heavy atom. The Hall–Kier alpha value is -2.69. The smallest absolute Gasteiger partial charge is 0.252 e. The average Bonchev–Trinajstić information content (AvgIpc) is 3.32. The molecule has 5 heteroatoms. The van der Waals surface area contributed by atoms with Crippen molar-refractivity contribution in [2.24, 2.45) is 0 Å². The van der Waals surface area contributed by atoms with Crippen molar-refractivity contribution in [1.29, 1.82) is 0 Å². The topological polar surface area (TPSA) is 57.0 Å². The highest BCUT2D eigenvalue weighted by atomic mass is 16.5. The fraction of sp³-hybridized carbons (Fsp3) is 0.0526. The van der Waals surface area contributed by atoms with Gasteiger partial charge in [-0.05, 0) is 48.6 Å². The number of ketones is 1. The summed E-state index contributed by atoms with van der Waals surface area (Å²) in [6.07, 6.45) is 9.13. The third-order valence-corrected chi connectivity index (χ3v) is 3.82. The molecule has 117 valence electrons. The van der Waals surface area contributed by atoms with Gasteiger partial charge in [0.25, 0.3) is 6.23 Å². The number of carbonyl (C=O) groups excluding carboxylic acids is 1. The van der Waals surface area contributed by atoms with E-state index in [9.17, 15) is 4.79 Å². The zero-order valence-electron chi connectivity index (χ0n) is 12.7. The van der Waals surface area contributed by atoms with Crippen molar-refractivity contribution in [2.45, 2.75) is 6.23 Å². The molecule has 1 aromatic heterocycles. The lowest BCUT2D eigenvalue weighted by Gasteiger charge is -2.20. The maximum absolute atomic E-state index is 12.8. The molecule has 2 aromatic carbocycles. The molecule has 1 unspecified atom stereocenters. The highest BCUT2D eigenvalue weighted by Crippen LogP contribution is 2.30. The molecule has 24 heavy (non-hydrogen) atoms. The van der Waals surface area contributed by atoms with Gasteiger partial charge in [0.2, 0.25) is 5.78 Å². The van der Waals surface area contributed by atoms with Gasteiger partial charge in [0.05, 0.1) is 5.92 Å². The number of hydrogen-bond acceptors (Lipinski definition) is 4. The van der Waals surface area contributed by atoms with E-state index in [2.05, 4.69) is 10.1 Å². The number of nitrogens with zero attached hydrogens (tertiary/aromatic N) is 3. The van der Waals surface area contributed by atoms with Crippen LogP contribution in [0.25, 0.3) is 10.8 Å². The molecule has 5 nitrogen and oxygen atoms in total. The number of ether oxygens (including phenoxy) is 1. The minimum Gasteiger partial charge on any atom is -0.461 e. The summed E-state index contributed by atoms with van der Waals surface area (Å²) in [5.74, 6) is 1.02. The molecule has 1 atom stereocenters. The van der Waals surface area contributed by atoms with Crippen LogP contribution in [0.3, 0.4) is 0 Å². The van der Waals surface area contributed by atoms with Gasteiger partial charge in [-0.2, -0.15) is 5.10 Å². The standard InChI is InChI=1S/C19H14N3O2/c23-18(15-6-2-3-7-15)19(22-13-20-12-21-22)24-17-10-9-14-5-1-4-8-16(14)11-17/h1-13,19H. The van der Waals surface area contributed by atoms with Crippen molar-refractivity contribution in [1.82, 2.24) is 14.8 Å². The summed E-state index contributed by atoms with van der Waals surface area (Å²) in [6, 6.07) is 13.7. The summed E-state index contributed by atoms with van der Waals surface area (Å²) in [5, 5.41) is 6.23. The van der Waals surface area contributed by atoms with Crippen molar-refractivity contribution in [2.75, 3.05) is 0 Å². The van der Waals surface area contributed by atoms with E-state index < -0.39 is 6.23 Å². The summed E-state index contributed by atoms with van der Waals surface area (Å²) in [7, 11) is 0. The highest BCUT2D eigenvalue weighted by molar-refractivity contribution is 5.99. The Morgan fingerprint density at radius 1 is 1.04 bits per heavy atom. The van der Waals surface area contributed by atoms with Gasteiger partial charge >= 0.3 is 0 Å². The van der Waals surface area contributed by atoms with Crippen LogP contribution >= 0.6 is 0 Å².